The third-order valence-electron chi connectivity index (χ3n) is 3.37. The van der Waals surface area contributed by atoms with Gasteiger partial charge in [-0.3, -0.25) is 9.59 Å². The second-order valence-corrected chi connectivity index (χ2v) is 5.60. The zero-order valence-corrected chi connectivity index (χ0v) is 13.2. The van der Waals surface area contributed by atoms with E-state index in [0.717, 1.165) is 12.8 Å². The molecule has 7 heteroatoms. The van der Waals surface area contributed by atoms with Gasteiger partial charge in [-0.25, -0.2) is 4.98 Å². The highest BCUT2D eigenvalue weighted by Crippen LogP contribution is 2.23. The van der Waals surface area contributed by atoms with Crippen LogP contribution >= 0.6 is 23.2 Å². The number of esters is 1. The molecule has 1 aliphatic heterocycles. The van der Waals surface area contributed by atoms with Gasteiger partial charge in [-0.15, -0.1) is 0 Å². The first kappa shape index (κ1) is 16.0. The first-order valence-corrected chi connectivity index (χ1v) is 7.55. The number of pyridine rings is 1. The standard InChI is InChI=1S/C14H16Cl2N2O3/c1-2-21-14(20)9-4-3-5-18(8-9)13(19)10-6-11(15)12(16)17-7-10/h6-7,9H,2-5,8H2,1H3/t9-/m1/s1. The Labute approximate surface area is 133 Å². The lowest BCUT2D eigenvalue weighted by atomic mass is 9.97. The van der Waals surface area contributed by atoms with Crippen LogP contribution in [0.5, 0.6) is 0 Å². The minimum atomic E-state index is -0.265. The van der Waals surface area contributed by atoms with Crippen molar-refractivity contribution in [1.82, 2.24) is 9.88 Å². The van der Waals surface area contributed by atoms with Gasteiger partial charge in [0.1, 0.15) is 5.15 Å². The summed E-state index contributed by atoms with van der Waals surface area (Å²) in [5, 5.41) is 0.401. The van der Waals surface area contributed by atoms with Crippen LogP contribution in [0.25, 0.3) is 0 Å². The van der Waals surface area contributed by atoms with Crippen molar-refractivity contribution >= 4 is 35.1 Å². The van der Waals surface area contributed by atoms with Crippen molar-refractivity contribution in [1.29, 1.82) is 0 Å². The Bertz CT molecular complexity index is 551. The molecular formula is C14H16Cl2N2O3. The van der Waals surface area contributed by atoms with Gasteiger partial charge in [-0.05, 0) is 25.8 Å². The molecule has 1 aromatic rings. The van der Waals surface area contributed by atoms with Crippen LogP contribution in [0, 0.1) is 5.92 Å². The summed E-state index contributed by atoms with van der Waals surface area (Å²) in [6.07, 6.45) is 2.90. The van der Waals surface area contributed by atoms with Gasteiger partial charge >= 0.3 is 5.97 Å². The molecule has 5 nitrogen and oxygen atoms in total. The molecule has 1 saturated heterocycles. The van der Waals surface area contributed by atoms with Crippen molar-refractivity contribution in [3.63, 3.8) is 0 Å². The van der Waals surface area contributed by atoms with E-state index in [0.29, 0.717) is 25.3 Å². The number of likely N-dealkylation sites (tertiary alicyclic amines) is 1. The highest BCUT2D eigenvalue weighted by molar-refractivity contribution is 6.41. The molecule has 0 saturated carbocycles. The van der Waals surface area contributed by atoms with Gasteiger partial charge < -0.3 is 9.64 Å². The van der Waals surface area contributed by atoms with Gasteiger partial charge in [-0.1, -0.05) is 23.2 Å². The molecular weight excluding hydrogens is 315 g/mol. The maximum atomic E-state index is 12.4. The summed E-state index contributed by atoms with van der Waals surface area (Å²) in [7, 11) is 0. The minimum absolute atomic E-state index is 0.163. The number of amides is 1. The number of ether oxygens (including phenoxy) is 1. The zero-order chi connectivity index (χ0) is 15.4. The van der Waals surface area contributed by atoms with Crippen LogP contribution in [0.3, 0.4) is 0 Å². The number of nitrogens with zero attached hydrogens (tertiary/aromatic N) is 2. The molecule has 0 radical (unpaired) electrons. The molecule has 0 N–H and O–H groups in total. The normalized spacial score (nSPS) is 18.4. The van der Waals surface area contributed by atoms with E-state index in [1.54, 1.807) is 11.8 Å². The SMILES string of the molecule is CCOC(=O)[C@@H]1CCCN(C(=O)c2cnc(Cl)c(Cl)c2)C1. The number of carbonyl (C=O) groups excluding carboxylic acids is 2. The van der Waals surface area contributed by atoms with Gasteiger partial charge in [0, 0.05) is 19.3 Å². The second-order valence-electron chi connectivity index (χ2n) is 4.84. The van der Waals surface area contributed by atoms with E-state index in [-0.39, 0.29) is 28.0 Å². The molecule has 114 valence electrons. The Kier molecular flexibility index (Phi) is 5.42. The fourth-order valence-corrected chi connectivity index (χ4v) is 2.60. The highest BCUT2D eigenvalue weighted by Gasteiger charge is 2.30. The van der Waals surface area contributed by atoms with Crippen LogP contribution in [0.1, 0.15) is 30.1 Å². The summed E-state index contributed by atoms with van der Waals surface area (Å²) < 4.78 is 5.02. The van der Waals surface area contributed by atoms with Crippen LogP contribution in [-0.2, 0) is 9.53 Å². The van der Waals surface area contributed by atoms with Crippen LogP contribution in [0.2, 0.25) is 10.2 Å². The first-order valence-electron chi connectivity index (χ1n) is 6.80. The molecule has 0 aliphatic carbocycles. The van der Waals surface area contributed by atoms with E-state index in [9.17, 15) is 9.59 Å². The molecule has 1 aromatic heterocycles. The maximum Gasteiger partial charge on any atom is 0.310 e. The summed E-state index contributed by atoms with van der Waals surface area (Å²) >= 11 is 11.6. The summed E-state index contributed by atoms with van der Waals surface area (Å²) in [6, 6.07) is 1.49. The lowest BCUT2D eigenvalue weighted by Gasteiger charge is -2.31. The number of hydrogen-bond donors (Lipinski definition) is 0. The molecule has 0 bridgehead atoms. The largest absolute Gasteiger partial charge is 0.466 e. The van der Waals surface area contributed by atoms with Crippen LogP contribution in [-0.4, -0.2) is 41.5 Å². The van der Waals surface area contributed by atoms with Crippen LogP contribution in [0.15, 0.2) is 12.3 Å². The average Bonchev–Trinajstić information content (AvgIpc) is 2.49. The van der Waals surface area contributed by atoms with E-state index in [2.05, 4.69) is 4.98 Å². The molecule has 1 aliphatic rings. The Morgan fingerprint density at radius 3 is 2.90 bits per heavy atom. The van der Waals surface area contributed by atoms with Gasteiger partial charge in [0.25, 0.3) is 5.91 Å². The third kappa shape index (κ3) is 3.86. The number of piperidine rings is 1. The lowest BCUT2D eigenvalue weighted by molar-refractivity contribution is -0.149. The predicted molar refractivity (Wildman–Crippen MR) is 79.5 cm³/mol. The third-order valence-corrected chi connectivity index (χ3v) is 4.06. The summed E-state index contributed by atoms with van der Waals surface area (Å²) in [5.74, 6) is -0.712. The summed E-state index contributed by atoms with van der Waals surface area (Å²) in [6.45, 7) is 3.08. The van der Waals surface area contributed by atoms with E-state index in [4.69, 9.17) is 27.9 Å². The average molecular weight is 331 g/mol. The Balaban J connectivity index is 2.08. The second kappa shape index (κ2) is 7.09. The number of halogens is 2. The molecule has 1 amide bonds. The van der Waals surface area contributed by atoms with Gasteiger partial charge in [0.2, 0.25) is 0 Å². The van der Waals surface area contributed by atoms with Gasteiger partial charge in [-0.2, -0.15) is 0 Å². The van der Waals surface area contributed by atoms with Crippen molar-refractivity contribution in [2.75, 3.05) is 19.7 Å². The monoisotopic (exact) mass is 330 g/mol. The Morgan fingerprint density at radius 1 is 1.48 bits per heavy atom. The lowest BCUT2D eigenvalue weighted by Crippen LogP contribution is -2.42. The van der Waals surface area contributed by atoms with Crippen molar-refractivity contribution in [3.05, 3.63) is 28.0 Å². The molecule has 0 spiro atoms. The number of rotatable bonds is 3. The number of hydrogen-bond acceptors (Lipinski definition) is 4. The molecule has 1 atom stereocenters. The molecule has 2 rings (SSSR count). The van der Waals surface area contributed by atoms with Crippen molar-refractivity contribution in [2.45, 2.75) is 19.8 Å². The fourth-order valence-electron chi connectivity index (χ4n) is 2.33. The predicted octanol–water partition coefficient (Wildman–Crippen LogP) is 2.80. The topological polar surface area (TPSA) is 59.5 Å². The van der Waals surface area contributed by atoms with Crippen LogP contribution in [0.4, 0.5) is 0 Å². The van der Waals surface area contributed by atoms with Crippen molar-refractivity contribution in [3.8, 4) is 0 Å². The highest BCUT2D eigenvalue weighted by atomic mass is 35.5. The van der Waals surface area contributed by atoms with Crippen LogP contribution < -0.4 is 0 Å². The van der Waals surface area contributed by atoms with E-state index < -0.39 is 0 Å². The quantitative estimate of drug-likeness (QED) is 0.631. The van der Waals surface area contributed by atoms with Crippen molar-refractivity contribution in [2.24, 2.45) is 5.92 Å². The minimum Gasteiger partial charge on any atom is -0.466 e. The fraction of sp³-hybridized carbons (Fsp3) is 0.500. The van der Waals surface area contributed by atoms with E-state index in [1.807, 2.05) is 0 Å². The molecule has 21 heavy (non-hydrogen) atoms. The number of carbonyl (C=O) groups is 2. The van der Waals surface area contributed by atoms with E-state index >= 15 is 0 Å². The molecule has 1 fully saturated rings. The Hall–Kier alpha value is -1.33. The zero-order valence-electron chi connectivity index (χ0n) is 11.6. The smallest absolute Gasteiger partial charge is 0.310 e. The van der Waals surface area contributed by atoms with Gasteiger partial charge in [0.15, 0.2) is 0 Å². The van der Waals surface area contributed by atoms with E-state index in [1.165, 1.54) is 12.3 Å². The van der Waals surface area contributed by atoms with Crippen molar-refractivity contribution < 1.29 is 14.3 Å². The molecule has 0 aromatic carbocycles. The first-order chi connectivity index (χ1) is 10.0. The molecule has 0 unspecified atom stereocenters. The molecule has 2 heterocycles. The number of aromatic nitrogens is 1. The summed E-state index contributed by atoms with van der Waals surface area (Å²) in [4.78, 5) is 29.7. The maximum absolute atomic E-state index is 12.4. The summed E-state index contributed by atoms with van der Waals surface area (Å²) in [5.41, 5.74) is 0.369. The Morgan fingerprint density at radius 2 is 2.24 bits per heavy atom. The van der Waals surface area contributed by atoms with Gasteiger partial charge in [0.05, 0.1) is 23.1 Å².